The molecule has 2 rings (SSSR count). The number of hydrogen-bond donors (Lipinski definition) is 2. The lowest BCUT2D eigenvalue weighted by atomic mass is 9.93. The first-order chi connectivity index (χ1) is 10.4. The second-order valence-corrected chi connectivity index (χ2v) is 5.77. The number of rotatable bonds is 4. The van der Waals surface area contributed by atoms with Gasteiger partial charge in [0.2, 0.25) is 0 Å². The van der Waals surface area contributed by atoms with Crippen molar-refractivity contribution in [1.29, 1.82) is 0 Å². The van der Waals surface area contributed by atoms with E-state index in [-0.39, 0.29) is 5.78 Å². The van der Waals surface area contributed by atoms with Crippen LogP contribution in [-0.4, -0.2) is 5.78 Å². The molecule has 22 heavy (non-hydrogen) atoms. The van der Waals surface area contributed by atoms with E-state index < -0.39 is 0 Å². The largest absolute Gasteiger partial charge is 0.398 e. The zero-order chi connectivity index (χ0) is 16.4. The number of aryl methyl sites for hydroxylation is 4. The number of hydrogen-bond acceptors (Lipinski definition) is 3. The van der Waals surface area contributed by atoms with Crippen LogP contribution < -0.4 is 11.5 Å². The van der Waals surface area contributed by atoms with Gasteiger partial charge in [-0.15, -0.1) is 0 Å². The summed E-state index contributed by atoms with van der Waals surface area (Å²) in [6, 6.07) is 7.55. The van der Waals surface area contributed by atoms with Crippen LogP contribution in [0.3, 0.4) is 0 Å². The van der Waals surface area contributed by atoms with Crippen molar-refractivity contribution < 1.29 is 4.79 Å². The molecule has 3 nitrogen and oxygen atoms in total. The smallest absolute Gasteiger partial charge is 0.193 e. The molecular formula is C19H24N2O. The molecule has 0 bridgehead atoms. The van der Waals surface area contributed by atoms with E-state index in [1.165, 1.54) is 0 Å². The summed E-state index contributed by atoms with van der Waals surface area (Å²) in [6.45, 7) is 7.97. The molecule has 0 atom stereocenters. The SMILES string of the molecule is CCc1cc(C(=O)c2cc(C)c(N)c(CC)c2)cc(C)c1N. The highest BCUT2D eigenvalue weighted by atomic mass is 16.1. The fraction of sp³-hybridized carbons (Fsp3) is 0.316. The van der Waals surface area contributed by atoms with Crippen molar-refractivity contribution >= 4 is 17.2 Å². The zero-order valence-electron chi connectivity index (χ0n) is 13.8. The van der Waals surface area contributed by atoms with Crippen LogP contribution in [-0.2, 0) is 12.8 Å². The normalized spacial score (nSPS) is 10.7. The summed E-state index contributed by atoms with van der Waals surface area (Å²) >= 11 is 0. The predicted molar refractivity (Wildman–Crippen MR) is 93.4 cm³/mol. The molecule has 0 saturated heterocycles. The number of ketones is 1. The molecular weight excluding hydrogens is 272 g/mol. The first-order valence-electron chi connectivity index (χ1n) is 7.71. The zero-order valence-corrected chi connectivity index (χ0v) is 13.8. The lowest BCUT2D eigenvalue weighted by molar-refractivity contribution is 0.103. The minimum Gasteiger partial charge on any atom is -0.398 e. The Hall–Kier alpha value is -2.29. The van der Waals surface area contributed by atoms with Gasteiger partial charge in [0.25, 0.3) is 0 Å². The molecule has 0 aliphatic heterocycles. The van der Waals surface area contributed by atoms with Crippen LogP contribution in [0.4, 0.5) is 11.4 Å². The Labute approximate surface area is 132 Å². The van der Waals surface area contributed by atoms with E-state index in [1.54, 1.807) is 0 Å². The van der Waals surface area contributed by atoms with Crippen molar-refractivity contribution in [2.24, 2.45) is 0 Å². The lowest BCUT2D eigenvalue weighted by Gasteiger charge is -2.13. The number of benzene rings is 2. The van der Waals surface area contributed by atoms with Crippen LogP contribution in [0.15, 0.2) is 24.3 Å². The topological polar surface area (TPSA) is 69.1 Å². The molecule has 2 aromatic rings. The van der Waals surface area contributed by atoms with E-state index in [2.05, 4.69) is 0 Å². The Morgan fingerprint density at radius 2 is 1.18 bits per heavy atom. The maximum Gasteiger partial charge on any atom is 0.193 e. The molecule has 4 N–H and O–H groups in total. The van der Waals surface area contributed by atoms with Crippen molar-refractivity contribution in [2.75, 3.05) is 11.5 Å². The van der Waals surface area contributed by atoms with Crippen molar-refractivity contribution in [3.63, 3.8) is 0 Å². The Kier molecular flexibility index (Phi) is 4.55. The predicted octanol–water partition coefficient (Wildman–Crippen LogP) is 3.82. The van der Waals surface area contributed by atoms with Gasteiger partial charge in [0.05, 0.1) is 0 Å². The molecule has 0 radical (unpaired) electrons. The van der Waals surface area contributed by atoms with Crippen LogP contribution in [0.1, 0.15) is 52.0 Å². The molecule has 0 aliphatic rings. The van der Waals surface area contributed by atoms with Crippen molar-refractivity contribution in [3.05, 3.63) is 57.6 Å². The molecule has 0 spiro atoms. The second-order valence-electron chi connectivity index (χ2n) is 5.77. The highest BCUT2D eigenvalue weighted by Crippen LogP contribution is 2.25. The Morgan fingerprint density at radius 3 is 1.50 bits per heavy atom. The van der Waals surface area contributed by atoms with Crippen LogP contribution >= 0.6 is 0 Å². The number of nitrogen functional groups attached to an aromatic ring is 2. The molecule has 2 aromatic carbocycles. The van der Waals surface area contributed by atoms with Gasteiger partial charge < -0.3 is 11.5 Å². The van der Waals surface area contributed by atoms with Gasteiger partial charge in [-0.25, -0.2) is 0 Å². The van der Waals surface area contributed by atoms with Gasteiger partial charge in [0, 0.05) is 22.5 Å². The van der Waals surface area contributed by atoms with Crippen LogP contribution in [0, 0.1) is 13.8 Å². The molecule has 0 aromatic heterocycles. The quantitative estimate of drug-likeness (QED) is 0.665. The van der Waals surface area contributed by atoms with E-state index in [1.807, 2.05) is 52.0 Å². The molecule has 0 unspecified atom stereocenters. The summed E-state index contributed by atoms with van der Waals surface area (Å²) in [6.07, 6.45) is 1.63. The summed E-state index contributed by atoms with van der Waals surface area (Å²) in [5, 5.41) is 0. The molecule has 0 saturated carbocycles. The fourth-order valence-electron chi connectivity index (χ4n) is 2.76. The van der Waals surface area contributed by atoms with Gasteiger partial charge in [0.15, 0.2) is 5.78 Å². The van der Waals surface area contributed by atoms with E-state index in [9.17, 15) is 4.79 Å². The van der Waals surface area contributed by atoms with Crippen molar-refractivity contribution in [3.8, 4) is 0 Å². The Balaban J connectivity index is 2.53. The number of anilines is 2. The second kappa shape index (κ2) is 6.22. The van der Waals surface area contributed by atoms with Gasteiger partial charge in [-0.3, -0.25) is 4.79 Å². The molecule has 0 amide bonds. The maximum atomic E-state index is 12.8. The van der Waals surface area contributed by atoms with Crippen molar-refractivity contribution in [1.82, 2.24) is 0 Å². The third-order valence-electron chi connectivity index (χ3n) is 4.23. The summed E-state index contributed by atoms with van der Waals surface area (Å²) < 4.78 is 0. The summed E-state index contributed by atoms with van der Waals surface area (Å²) in [7, 11) is 0. The van der Waals surface area contributed by atoms with Crippen LogP contribution in [0.2, 0.25) is 0 Å². The van der Waals surface area contributed by atoms with E-state index in [4.69, 9.17) is 11.5 Å². The third kappa shape index (κ3) is 2.84. The molecule has 0 aliphatic carbocycles. The van der Waals surface area contributed by atoms with Gasteiger partial charge in [-0.2, -0.15) is 0 Å². The summed E-state index contributed by atoms with van der Waals surface area (Å²) in [4.78, 5) is 12.8. The van der Waals surface area contributed by atoms with Crippen LogP contribution in [0.5, 0.6) is 0 Å². The van der Waals surface area contributed by atoms with E-state index in [0.29, 0.717) is 11.1 Å². The molecule has 116 valence electrons. The van der Waals surface area contributed by atoms with E-state index in [0.717, 1.165) is 46.5 Å². The van der Waals surface area contributed by atoms with Crippen LogP contribution in [0.25, 0.3) is 0 Å². The number of carbonyl (C=O) groups excluding carboxylic acids is 1. The van der Waals surface area contributed by atoms with Gasteiger partial charge in [-0.1, -0.05) is 13.8 Å². The first-order valence-corrected chi connectivity index (χ1v) is 7.71. The number of carbonyl (C=O) groups is 1. The Bertz CT molecular complexity index is 671. The average Bonchev–Trinajstić information content (AvgIpc) is 2.51. The van der Waals surface area contributed by atoms with Gasteiger partial charge >= 0.3 is 0 Å². The Morgan fingerprint density at radius 1 is 0.818 bits per heavy atom. The summed E-state index contributed by atoms with van der Waals surface area (Å²) in [5.74, 6) is 0.0237. The monoisotopic (exact) mass is 296 g/mol. The fourth-order valence-corrected chi connectivity index (χ4v) is 2.76. The molecule has 0 fully saturated rings. The highest BCUT2D eigenvalue weighted by Gasteiger charge is 2.15. The lowest BCUT2D eigenvalue weighted by Crippen LogP contribution is -2.08. The minimum atomic E-state index is 0.0237. The number of nitrogens with two attached hydrogens (primary N) is 2. The maximum absolute atomic E-state index is 12.8. The van der Waals surface area contributed by atoms with Gasteiger partial charge in [-0.05, 0) is 73.2 Å². The average molecular weight is 296 g/mol. The molecule has 0 heterocycles. The van der Waals surface area contributed by atoms with Crippen molar-refractivity contribution in [2.45, 2.75) is 40.5 Å². The minimum absolute atomic E-state index is 0.0237. The summed E-state index contributed by atoms with van der Waals surface area (Å²) in [5.41, 5.74) is 19.0. The first kappa shape index (κ1) is 16.1. The standard InChI is InChI=1S/C19H24N2O/c1-5-13-9-15(7-11(3)17(13)20)19(22)16-8-12(4)18(21)14(6-2)10-16/h7-10H,5-6,20-21H2,1-4H3. The third-order valence-corrected chi connectivity index (χ3v) is 4.23. The highest BCUT2D eigenvalue weighted by molar-refractivity contribution is 6.10. The van der Waals surface area contributed by atoms with Gasteiger partial charge in [0.1, 0.15) is 0 Å². The molecule has 3 heteroatoms. The van der Waals surface area contributed by atoms with E-state index >= 15 is 0 Å².